The molecule has 0 bridgehead atoms. The van der Waals surface area contributed by atoms with Gasteiger partial charge in [-0.2, -0.15) is 4.31 Å². The second-order valence-electron chi connectivity index (χ2n) is 8.95. The Kier molecular flexibility index (Phi) is 7.25. The van der Waals surface area contributed by atoms with Crippen molar-refractivity contribution in [3.05, 3.63) is 76.9 Å². The van der Waals surface area contributed by atoms with Crippen LogP contribution in [0.4, 0.5) is 0 Å². The normalized spacial score (nSPS) is 19.4. The van der Waals surface area contributed by atoms with Gasteiger partial charge in [-0.1, -0.05) is 75.7 Å². The van der Waals surface area contributed by atoms with Crippen LogP contribution in [0.3, 0.4) is 0 Å². The van der Waals surface area contributed by atoms with Crippen molar-refractivity contribution in [1.29, 1.82) is 0 Å². The van der Waals surface area contributed by atoms with Crippen LogP contribution >= 0.6 is 0 Å². The summed E-state index contributed by atoms with van der Waals surface area (Å²) < 4.78 is 34.6. The van der Waals surface area contributed by atoms with Gasteiger partial charge in [-0.25, -0.2) is 13.2 Å². The molecule has 0 fully saturated rings. The van der Waals surface area contributed by atoms with E-state index in [1.165, 1.54) is 4.31 Å². The largest absolute Gasteiger partial charge is 0.463 e. The highest BCUT2D eigenvalue weighted by molar-refractivity contribution is 7.89. The Hall–Kier alpha value is -2.44. The predicted molar refractivity (Wildman–Crippen MR) is 127 cm³/mol. The van der Waals surface area contributed by atoms with Gasteiger partial charge in [0.15, 0.2) is 0 Å². The number of aryl methyl sites for hydroxylation is 1. The van der Waals surface area contributed by atoms with Gasteiger partial charge >= 0.3 is 5.97 Å². The minimum Gasteiger partial charge on any atom is -0.463 e. The van der Waals surface area contributed by atoms with Crippen molar-refractivity contribution in [1.82, 2.24) is 4.31 Å². The number of rotatable bonds is 7. The van der Waals surface area contributed by atoms with Gasteiger partial charge in [-0.15, -0.1) is 0 Å². The van der Waals surface area contributed by atoms with Gasteiger partial charge in [0.25, 0.3) is 0 Å². The number of esters is 1. The average Bonchev–Trinajstić information content (AvgIpc) is 3.16. The molecule has 5 nitrogen and oxygen atoms in total. The highest BCUT2D eigenvalue weighted by atomic mass is 32.2. The number of sulfonamides is 1. The van der Waals surface area contributed by atoms with Crippen molar-refractivity contribution in [2.45, 2.75) is 64.4 Å². The molecule has 0 aromatic heterocycles. The summed E-state index contributed by atoms with van der Waals surface area (Å²) in [5.74, 6) is -0.152. The van der Waals surface area contributed by atoms with Crippen LogP contribution in [0.2, 0.25) is 0 Å². The van der Waals surface area contributed by atoms with Crippen LogP contribution in [0.15, 0.2) is 65.1 Å². The van der Waals surface area contributed by atoms with Crippen molar-refractivity contribution >= 4 is 16.0 Å². The van der Waals surface area contributed by atoms with Crippen LogP contribution in [-0.4, -0.2) is 31.3 Å². The first-order valence-corrected chi connectivity index (χ1v) is 12.6. The fraction of sp³-hybridized carbons (Fsp3) is 0.423. The van der Waals surface area contributed by atoms with E-state index in [9.17, 15) is 13.2 Å². The lowest BCUT2D eigenvalue weighted by atomic mass is 9.96. The van der Waals surface area contributed by atoms with Gasteiger partial charge in [-0.3, -0.25) is 0 Å². The minimum atomic E-state index is -3.88. The molecule has 32 heavy (non-hydrogen) atoms. The average molecular weight is 456 g/mol. The second-order valence-corrected chi connectivity index (χ2v) is 10.8. The van der Waals surface area contributed by atoms with Crippen LogP contribution in [0.25, 0.3) is 0 Å². The van der Waals surface area contributed by atoms with Gasteiger partial charge in [-0.05, 0) is 48.9 Å². The number of carbonyl (C=O) groups excluding carboxylic acids is 1. The number of ether oxygens (including phenoxy) is 1. The number of carbonyl (C=O) groups is 1. The summed E-state index contributed by atoms with van der Waals surface area (Å²) in [6.07, 6.45) is 1.77. The molecule has 3 rings (SSSR count). The van der Waals surface area contributed by atoms with Crippen LogP contribution < -0.4 is 0 Å². The van der Waals surface area contributed by atoms with Gasteiger partial charge in [0.2, 0.25) is 10.0 Å². The summed E-state index contributed by atoms with van der Waals surface area (Å²) in [5, 5.41) is 0. The zero-order valence-corrected chi connectivity index (χ0v) is 20.5. The third-order valence-electron chi connectivity index (χ3n) is 5.90. The van der Waals surface area contributed by atoms with Crippen LogP contribution in [0.5, 0.6) is 0 Å². The third-order valence-corrected chi connectivity index (χ3v) is 7.78. The zero-order chi connectivity index (χ0) is 23.6. The fourth-order valence-corrected chi connectivity index (χ4v) is 5.92. The highest BCUT2D eigenvalue weighted by Crippen LogP contribution is 2.43. The molecule has 0 saturated carbocycles. The Bertz CT molecular complexity index is 1080. The summed E-state index contributed by atoms with van der Waals surface area (Å²) in [4.78, 5) is 13.1. The van der Waals surface area contributed by atoms with E-state index in [2.05, 4.69) is 13.8 Å². The quantitative estimate of drug-likeness (QED) is 0.526. The summed E-state index contributed by atoms with van der Waals surface area (Å²) in [6, 6.07) is 13.5. The molecule has 1 aliphatic rings. The Morgan fingerprint density at radius 1 is 1.00 bits per heavy atom. The minimum absolute atomic E-state index is 0.0282. The van der Waals surface area contributed by atoms with Crippen molar-refractivity contribution in [3.63, 3.8) is 0 Å². The van der Waals surface area contributed by atoms with Gasteiger partial charge in [0.05, 0.1) is 23.1 Å². The highest BCUT2D eigenvalue weighted by Gasteiger charge is 2.47. The lowest BCUT2D eigenvalue weighted by molar-refractivity contribution is -0.138. The van der Waals surface area contributed by atoms with Crippen LogP contribution in [-0.2, 0) is 19.6 Å². The summed E-state index contributed by atoms with van der Waals surface area (Å²) >= 11 is 0. The van der Waals surface area contributed by atoms with E-state index in [-0.39, 0.29) is 17.4 Å². The molecule has 0 aliphatic carbocycles. The third kappa shape index (κ3) is 4.66. The molecular formula is C26H33NO4S. The lowest BCUT2D eigenvalue weighted by Gasteiger charge is -2.33. The number of nitrogens with zero attached hydrogens (tertiary/aromatic N) is 1. The first kappa shape index (κ1) is 24.2. The van der Waals surface area contributed by atoms with Crippen molar-refractivity contribution in [2.24, 2.45) is 5.92 Å². The Morgan fingerprint density at radius 2 is 1.59 bits per heavy atom. The Balaban J connectivity index is 2.18. The van der Waals surface area contributed by atoms with Gasteiger partial charge < -0.3 is 4.74 Å². The Labute approximate surface area is 192 Å². The number of hydrogen-bond acceptors (Lipinski definition) is 4. The SMILES string of the molecule is CCOC(=O)C1=C[C@@H](C(C)C)N(S(=O)(=O)c2ccc(C)cc2)[C@H]1c1ccc(C(C)C)cc1. The zero-order valence-electron chi connectivity index (χ0n) is 19.7. The topological polar surface area (TPSA) is 63.7 Å². The molecule has 2 aromatic rings. The molecule has 0 saturated heterocycles. The molecule has 0 amide bonds. The van der Waals surface area contributed by atoms with Crippen molar-refractivity contribution in [3.8, 4) is 0 Å². The monoisotopic (exact) mass is 455 g/mol. The molecule has 1 aliphatic heterocycles. The molecule has 6 heteroatoms. The fourth-order valence-electron chi connectivity index (χ4n) is 4.06. The Morgan fingerprint density at radius 3 is 2.09 bits per heavy atom. The van der Waals surface area contributed by atoms with Gasteiger partial charge in [0.1, 0.15) is 0 Å². The van der Waals surface area contributed by atoms with E-state index in [4.69, 9.17) is 4.74 Å². The van der Waals surface area contributed by atoms with E-state index in [1.807, 2.05) is 45.0 Å². The van der Waals surface area contributed by atoms with E-state index in [1.54, 1.807) is 37.3 Å². The molecule has 2 atom stereocenters. The van der Waals surface area contributed by atoms with E-state index >= 15 is 0 Å². The van der Waals surface area contributed by atoms with E-state index in [0.29, 0.717) is 11.5 Å². The molecular weight excluding hydrogens is 422 g/mol. The van der Waals surface area contributed by atoms with Crippen molar-refractivity contribution < 1.29 is 17.9 Å². The van der Waals surface area contributed by atoms with Crippen molar-refractivity contribution in [2.75, 3.05) is 6.61 Å². The second kappa shape index (κ2) is 9.59. The maximum absolute atomic E-state index is 13.9. The number of benzene rings is 2. The predicted octanol–water partition coefficient (Wildman–Crippen LogP) is 5.38. The van der Waals surface area contributed by atoms with Crippen LogP contribution in [0.1, 0.15) is 63.3 Å². The molecule has 172 valence electrons. The molecule has 0 spiro atoms. The lowest BCUT2D eigenvalue weighted by Crippen LogP contribution is -2.41. The molecule has 1 heterocycles. The maximum atomic E-state index is 13.9. The summed E-state index contributed by atoms with van der Waals surface area (Å²) in [7, 11) is -3.88. The first-order valence-electron chi connectivity index (χ1n) is 11.2. The molecule has 2 aromatic carbocycles. The van der Waals surface area contributed by atoms with E-state index in [0.717, 1.165) is 16.7 Å². The molecule has 0 N–H and O–H groups in total. The van der Waals surface area contributed by atoms with Gasteiger partial charge in [0, 0.05) is 6.04 Å². The summed E-state index contributed by atoms with van der Waals surface area (Å²) in [5.41, 5.74) is 3.27. The molecule has 0 radical (unpaired) electrons. The molecule has 0 unspecified atom stereocenters. The van der Waals surface area contributed by atoms with E-state index < -0.39 is 28.1 Å². The number of hydrogen-bond donors (Lipinski definition) is 0. The maximum Gasteiger partial charge on any atom is 0.335 e. The smallest absolute Gasteiger partial charge is 0.335 e. The van der Waals surface area contributed by atoms with Crippen LogP contribution in [0, 0.1) is 12.8 Å². The summed E-state index contributed by atoms with van der Waals surface area (Å²) in [6.45, 7) is 12.0. The first-order chi connectivity index (χ1) is 15.1. The standard InChI is InChI=1S/C26H33NO4S/c1-7-31-26(28)23-16-24(18(4)5)27(32(29,30)22-14-8-19(6)9-15-22)25(23)21-12-10-20(11-13-21)17(2)3/h8-18,24-25H,7H2,1-6H3/t24-,25-/m0/s1.